The zero-order chi connectivity index (χ0) is 18.1. The van der Waals surface area contributed by atoms with Gasteiger partial charge in [0.15, 0.2) is 11.5 Å². The monoisotopic (exact) mass is 401 g/mol. The molecular formula is C19H25Cl2NO4. The number of hydrogen-bond acceptors (Lipinski definition) is 5. The fourth-order valence-electron chi connectivity index (χ4n) is 2.32. The Hall–Kier alpha value is -1.66. The summed E-state index contributed by atoms with van der Waals surface area (Å²) < 4.78 is 16.0. The zero-order valence-corrected chi connectivity index (χ0v) is 16.5. The molecule has 2 N–H and O–H groups in total. The van der Waals surface area contributed by atoms with Crippen molar-refractivity contribution in [2.24, 2.45) is 0 Å². The fourth-order valence-corrected chi connectivity index (χ4v) is 2.45. The molecule has 0 fully saturated rings. The minimum Gasteiger partial charge on any atom is -0.493 e. The van der Waals surface area contributed by atoms with E-state index in [9.17, 15) is 5.11 Å². The minimum atomic E-state index is -0.582. The summed E-state index contributed by atoms with van der Waals surface area (Å²) in [6, 6.07) is 12.9. The van der Waals surface area contributed by atoms with Gasteiger partial charge in [0.2, 0.25) is 0 Å². The largest absolute Gasteiger partial charge is 0.493 e. The van der Waals surface area contributed by atoms with Crippen molar-refractivity contribution in [1.82, 2.24) is 5.32 Å². The molecule has 0 bridgehead atoms. The van der Waals surface area contributed by atoms with Gasteiger partial charge in [-0.15, -0.1) is 12.4 Å². The molecule has 0 aromatic heterocycles. The average molecular weight is 402 g/mol. The molecule has 0 heterocycles. The van der Waals surface area contributed by atoms with Gasteiger partial charge in [0, 0.05) is 11.6 Å². The summed E-state index contributed by atoms with van der Waals surface area (Å²) in [5.74, 6) is 2.12. The molecule has 0 saturated heterocycles. The van der Waals surface area contributed by atoms with Gasteiger partial charge >= 0.3 is 0 Å². The zero-order valence-electron chi connectivity index (χ0n) is 14.9. The van der Waals surface area contributed by atoms with Crippen molar-refractivity contribution in [3.05, 3.63) is 53.1 Å². The second kappa shape index (κ2) is 11.9. The van der Waals surface area contributed by atoms with Crippen molar-refractivity contribution in [1.29, 1.82) is 0 Å². The summed E-state index contributed by atoms with van der Waals surface area (Å²) in [5.41, 5.74) is 1.14. The number of hydrogen-bond donors (Lipinski definition) is 2. The summed E-state index contributed by atoms with van der Waals surface area (Å²) in [6.07, 6.45) is 0.242. The molecule has 1 atom stereocenters. The number of benzene rings is 2. The Morgan fingerprint density at radius 3 is 2.38 bits per heavy atom. The Balaban J connectivity index is 0.00000338. The number of methoxy groups -OCH3 is 2. The fraction of sp³-hybridized carbons (Fsp3) is 0.368. The molecule has 0 aliphatic carbocycles. The Morgan fingerprint density at radius 2 is 1.73 bits per heavy atom. The summed E-state index contributed by atoms with van der Waals surface area (Å²) in [7, 11) is 3.24. The topological polar surface area (TPSA) is 60.0 Å². The Labute approximate surface area is 165 Å². The Kier molecular flexibility index (Phi) is 10.2. The highest BCUT2D eigenvalue weighted by Crippen LogP contribution is 2.27. The van der Waals surface area contributed by atoms with E-state index >= 15 is 0 Å². The van der Waals surface area contributed by atoms with Gasteiger partial charge in [-0.3, -0.25) is 0 Å². The molecule has 144 valence electrons. The van der Waals surface area contributed by atoms with Crippen LogP contribution in [0.3, 0.4) is 0 Å². The minimum absolute atomic E-state index is 0. The van der Waals surface area contributed by atoms with Crippen LogP contribution < -0.4 is 19.5 Å². The van der Waals surface area contributed by atoms with Gasteiger partial charge in [0.25, 0.3) is 0 Å². The van der Waals surface area contributed by atoms with Crippen molar-refractivity contribution < 1.29 is 19.3 Å². The SMILES string of the molecule is COc1ccc(CCNCC(O)COc2ccc(Cl)cc2)cc1OC.Cl. The number of nitrogens with one attached hydrogen (secondary N) is 1. The van der Waals surface area contributed by atoms with Crippen LogP contribution in [0.25, 0.3) is 0 Å². The maximum absolute atomic E-state index is 9.96. The predicted octanol–water partition coefficient (Wildman–Crippen LogP) is 3.35. The van der Waals surface area contributed by atoms with Crippen molar-refractivity contribution in [2.75, 3.05) is 33.9 Å². The molecule has 0 aliphatic rings. The van der Waals surface area contributed by atoms with Gasteiger partial charge in [0.1, 0.15) is 18.5 Å². The smallest absolute Gasteiger partial charge is 0.160 e. The first kappa shape index (κ1) is 22.4. The average Bonchev–Trinajstić information content (AvgIpc) is 2.64. The van der Waals surface area contributed by atoms with Crippen molar-refractivity contribution in [2.45, 2.75) is 12.5 Å². The lowest BCUT2D eigenvalue weighted by atomic mass is 10.1. The van der Waals surface area contributed by atoms with E-state index in [-0.39, 0.29) is 19.0 Å². The molecule has 0 saturated carbocycles. The lowest BCUT2D eigenvalue weighted by Crippen LogP contribution is -2.32. The van der Waals surface area contributed by atoms with Gasteiger partial charge in [0.05, 0.1) is 14.2 Å². The molecule has 7 heteroatoms. The standard InChI is InChI=1S/C19H24ClNO4.ClH/c1-23-18-8-3-14(11-19(18)24-2)9-10-21-12-16(22)13-25-17-6-4-15(20)5-7-17;/h3-8,11,16,21-22H,9-10,12-13H2,1-2H3;1H. The van der Waals surface area contributed by atoms with E-state index in [2.05, 4.69) is 5.32 Å². The number of ether oxygens (including phenoxy) is 3. The van der Waals surface area contributed by atoms with E-state index in [0.29, 0.717) is 23.1 Å². The highest BCUT2D eigenvalue weighted by atomic mass is 35.5. The number of rotatable bonds is 10. The van der Waals surface area contributed by atoms with Gasteiger partial charge in [-0.1, -0.05) is 17.7 Å². The number of aliphatic hydroxyl groups excluding tert-OH is 1. The van der Waals surface area contributed by atoms with Crippen LogP contribution in [0.4, 0.5) is 0 Å². The van der Waals surface area contributed by atoms with E-state index in [1.54, 1.807) is 38.5 Å². The molecular weight excluding hydrogens is 377 g/mol. The van der Waals surface area contributed by atoms with E-state index < -0.39 is 6.10 Å². The number of halogens is 2. The lowest BCUT2D eigenvalue weighted by Gasteiger charge is -2.14. The van der Waals surface area contributed by atoms with Crippen molar-refractivity contribution >= 4 is 24.0 Å². The predicted molar refractivity (Wildman–Crippen MR) is 106 cm³/mol. The summed E-state index contributed by atoms with van der Waals surface area (Å²) in [6.45, 7) is 1.43. The second-order valence-electron chi connectivity index (χ2n) is 5.56. The van der Waals surface area contributed by atoms with Crippen LogP contribution in [-0.4, -0.2) is 45.1 Å². The van der Waals surface area contributed by atoms with Crippen LogP contribution in [0.5, 0.6) is 17.2 Å². The van der Waals surface area contributed by atoms with E-state index in [0.717, 1.165) is 24.3 Å². The third-order valence-electron chi connectivity index (χ3n) is 3.67. The van der Waals surface area contributed by atoms with Gasteiger partial charge in [-0.05, 0) is 54.9 Å². The highest BCUT2D eigenvalue weighted by molar-refractivity contribution is 6.30. The Morgan fingerprint density at radius 1 is 1.04 bits per heavy atom. The molecule has 0 amide bonds. The third-order valence-corrected chi connectivity index (χ3v) is 3.93. The van der Waals surface area contributed by atoms with Crippen LogP contribution in [0.15, 0.2) is 42.5 Å². The van der Waals surface area contributed by atoms with Crippen LogP contribution in [0.2, 0.25) is 5.02 Å². The van der Waals surface area contributed by atoms with Crippen molar-refractivity contribution in [3.63, 3.8) is 0 Å². The van der Waals surface area contributed by atoms with Crippen LogP contribution in [0, 0.1) is 0 Å². The highest BCUT2D eigenvalue weighted by Gasteiger charge is 2.07. The molecule has 0 radical (unpaired) electrons. The van der Waals surface area contributed by atoms with E-state index in [1.807, 2.05) is 18.2 Å². The molecule has 26 heavy (non-hydrogen) atoms. The normalized spacial score (nSPS) is 11.4. The first-order chi connectivity index (χ1) is 12.1. The molecule has 0 spiro atoms. The maximum atomic E-state index is 9.96. The molecule has 2 rings (SSSR count). The van der Waals surface area contributed by atoms with Gasteiger partial charge in [-0.25, -0.2) is 0 Å². The molecule has 5 nitrogen and oxygen atoms in total. The lowest BCUT2D eigenvalue weighted by molar-refractivity contribution is 0.106. The van der Waals surface area contributed by atoms with E-state index in [4.69, 9.17) is 25.8 Å². The maximum Gasteiger partial charge on any atom is 0.160 e. The number of aliphatic hydroxyl groups is 1. The first-order valence-corrected chi connectivity index (χ1v) is 8.48. The molecule has 2 aromatic carbocycles. The third kappa shape index (κ3) is 7.30. The summed E-state index contributed by atoms with van der Waals surface area (Å²) in [5, 5.41) is 13.8. The summed E-state index contributed by atoms with van der Waals surface area (Å²) >= 11 is 5.82. The quantitative estimate of drug-likeness (QED) is 0.597. The van der Waals surface area contributed by atoms with Gasteiger partial charge < -0.3 is 24.6 Å². The molecule has 2 aromatic rings. The molecule has 0 aliphatic heterocycles. The summed E-state index contributed by atoms with van der Waals surface area (Å²) in [4.78, 5) is 0. The van der Waals surface area contributed by atoms with Crippen molar-refractivity contribution in [3.8, 4) is 17.2 Å². The van der Waals surface area contributed by atoms with Gasteiger partial charge in [-0.2, -0.15) is 0 Å². The Bertz CT molecular complexity index is 652. The van der Waals surface area contributed by atoms with Crippen LogP contribution >= 0.6 is 24.0 Å². The van der Waals surface area contributed by atoms with E-state index in [1.165, 1.54) is 0 Å². The first-order valence-electron chi connectivity index (χ1n) is 8.10. The van der Waals surface area contributed by atoms with Crippen LogP contribution in [0.1, 0.15) is 5.56 Å². The molecule has 1 unspecified atom stereocenters. The van der Waals surface area contributed by atoms with Crippen LogP contribution in [-0.2, 0) is 6.42 Å². The second-order valence-corrected chi connectivity index (χ2v) is 6.00.